The molecule has 0 saturated heterocycles. The fourth-order valence-corrected chi connectivity index (χ4v) is 2.30. The molecule has 1 saturated carbocycles. The Morgan fingerprint density at radius 2 is 1.93 bits per heavy atom. The molecule has 1 aromatic rings. The SMILES string of the molecule is CC1(NCc2ccccc2O)CCCC1. The van der Waals surface area contributed by atoms with E-state index in [0.29, 0.717) is 5.75 Å². The summed E-state index contributed by atoms with van der Waals surface area (Å²) in [6.45, 7) is 3.04. The highest BCUT2D eigenvalue weighted by molar-refractivity contribution is 5.31. The Labute approximate surface area is 91.3 Å². The Hall–Kier alpha value is -1.02. The van der Waals surface area contributed by atoms with E-state index < -0.39 is 0 Å². The van der Waals surface area contributed by atoms with E-state index >= 15 is 0 Å². The van der Waals surface area contributed by atoms with Crippen molar-refractivity contribution in [2.24, 2.45) is 0 Å². The minimum Gasteiger partial charge on any atom is -0.508 e. The molecule has 2 nitrogen and oxygen atoms in total. The summed E-state index contributed by atoms with van der Waals surface area (Å²) in [5, 5.41) is 13.2. The van der Waals surface area contributed by atoms with Gasteiger partial charge in [-0.2, -0.15) is 0 Å². The second kappa shape index (κ2) is 4.23. The smallest absolute Gasteiger partial charge is 0.120 e. The molecule has 1 aliphatic rings. The molecule has 0 amide bonds. The summed E-state index contributed by atoms with van der Waals surface area (Å²) in [4.78, 5) is 0. The highest BCUT2D eigenvalue weighted by Crippen LogP contribution is 2.29. The highest BCUT2D eigenvalue weighted by Gasteiger charge is 2.27. The van der Waals surface area contributed by atoms with E-state index in [2.05, 4.69) is 12.2 Å². The van der Waals surface area contributed by atoms with Gasteiger partial charge in [0.05, 0.1) is 0 Å². The van der Waals surface area contributed by atoms with Gasteiger partial charge in [0, 0.05) is 17.6 Å². The number of aromatic hydroxyl groups is 1. The van der Waals surface area contributed by atoms with E-state index in [4.69, 9.17) is 0 Å². The third-order valence-corrected chi connectivity index (χ3v) is 3.40. The van der Waals surface area contributed by atoms with Crippen LogP contribution in [0, 0.1) is 0 Å². The van der Waals surface area contributed by atoms with Gasteiger partial charge in [-0.05, 0) is 25.8 Å². The summed E-state index contributed by atoms with van der Waals surface area (Å²) in [6.07, 6.45) is 5.15. The number of hydrogen-bond acceptors (Lipinski definition) is 2. The summed E-state index contributed by atoms with van der Waals surface area (Å²) in [7, 11) is 0. The number of nitrogens with one attached hydrogen (secondary N) is 1. The molecule has 0 atom stereocenters. The molecule has 0 bridgehead atoms. The van der Waals surface area contributed by atoms with Crippen LogP contribution in [-0.2, 0) is 6.54 Å². The van der Waals surface area contributed by atoms with Crippen LogP contribution in [0.3, 0.4) is 0 Å². The van der Waals surface area contributed by atoms with E-state index in [9.17, 15) is 5.11 Å². The molecule has 2 heteroatoms. The maximum Gasteiger partial charge on any atom is 0.120 e. The van der Waals surface area contributed by atoms with Crippen LogP contribution in [-0.4, -0.2) is 10.6 Å². The monoisotopic (exact) mass is 205 g/mol. The van der Waals surface area contributed by atoms with Crippen molar-refractivity contribution < 1.29 is 5.11 Å². The van der Waals surface area contributed by atoms with Crippen LogP contribution in [0.15, 0.2) is 24.3 Å². The molecule has 0 aromatic heterocycles. The van der Waals surface area contributed by atoms with E-state index in [1.165, 1.54) is 25.7 Å². The predicted molar refractivity (Wildman–Crippen MR) is 61.8 cm³/mol. The van der Waals surface area contributed by atoms with Crippen molar-refractivity contribution in [2.45, 2.75) is 44.7 Å². The molecule has 1 aromatic carbocycles. The van der Waals surface area contributed by atoms with Crippen LogP contribution < -0.4 is 5.32 Å². The first-order valence-corrected chi connectivity index (χ1v) is 5.72. The summed E-state index contributed by atoms with van der Waals surface area (Å²) >= 11 is 0. The zero-order valence-electron chi connectivity index (χ0n) is 9.29. The summed E-state index contributed by atoms with van der Waals surface area (Å²) in [6, 6.07) is 7.54. The Kier molecular flexibility index (Phi) is 2.96. The molecule has 0 unspecified atom stereocenters. The molecular formula is C13H19NO. The van der Waals surface area contributed by atoms with Gasteiger partial charge >= 0.3 is 0 Å². The van der Waals surface area contributed by atoms with Crippen molar-refractivity contribution in [2.75, 3.05) is 0 Å². The lowest BCUT2D eigenvalue weighted by Gasteiger charge is -2.25. The molecule has 1 aliphatic carbocycles. The first-order chi connectivity index (χ1) is 7.20. The number of phenolic OH excluding ortho intramolecular Hbond substituents is 1. The summed E-state index contributed by atoms with van der Waals surface area (Å²) in [5.41, 5.74) is 1.27. The van der Waals surface area contributed by atoms with Crippen molar-refractivity contribution in [3.05, 3.63) is 29.8 Å². The van der Waals surface area contributed by atoms with Crippen molar-refractivity contribution >= 4 is 0 Å². The average molecular weight is 205 g/mol. The fourth-order valence-electron chi connectivity index (χ4n) is 2.30. The Balaban J connectivity index is 1.95. The van der Waals surface area contributed by atoms with Crippen LogP contribution in [0.2, 0.25) is 0 Å². The average Bonchev–Trinajstić information content (AvgIpc) is 2.65. The third-order valence-electron chi connectivity index (χ3n) is 3.40. The maximum absolute atomic E-state index is 9.63. The molecule has 82 valence electrons. The minimum atomic E-state index is 0.280. The Morgan fingerprint density at radius 1 is 1.27 bits per heavy atom. The molecule has 0 aliphatic heterocycles. The first kappa shape index (κ1) is 10.5. The normalized spacial score (nSPS) is 19.3. The number of para-hydroxylation sites is 1. The number of phenols is 1. The molecular weight excluding hydrogens is 186 g/mol. The highest BCUT2D eigenvalue weighted by atomic mass is 16.3. The van der Waals surface area contributed by atoms with Gasteiger partial charge in [-0.15, -0.1) is 0 Å². The second-order valence-corrected chi connectivity index (χ2v) is 4.75. The van der Waals surface area contributed by atoms with E-state index in [1.54, 1.807) is 6.07 Å². The molecule has 15 heavy (non-hydrogen) atoms. The van der Waals surface area contributed by atoms with E-state index in [-0.39, 0.29) is 5.54 Å². The molecule has 2 rings (SSSR count). The topological polar surface area (TPSA) is 32.3 Å². The van der Waals surface area contributed by atoms with Crippen molar-refractivity contribution in [1.29, 1.82) is 0 Å². The van der Waals surface area contributed by atoms with E-state index in [1.807, 2.05) is 18.2 Å². The molecule has 0 radical (unpaired) electrons. The summed E-state index contributed by atoms with van der Waals surface area (Å²) < 4.78 is 0. The van der Waals surface area contributed by atoms with Gasteiger partial charge < -0.3 is 10.4 Å². The standard InChI is InChI=1S/C13H19NO/c1-13(8-4-5-9-13)14-10-11-6-2-3-7-12(11)15/h2-3,6-7,14-15H,4-5,8-10H2,1H3. The van der Waals surface area contributed by atoms with Crippen LogP contribution >= 0.6 is 0 Å². The largest absolute Gasteiger partial charge is 0.508 e. The first-order valence-electron chi connectivity index (χ1n) is 5.72. The van der Waals surface area contributed by atoms with Crippen molar-refractivity contribution in [1.82, 2.24) is 5.32 Å². The van der Waals surface area contributed by atoms with Gasteiger partial charge in [-0.3, -0.25) is 0 Å². The molecule has 2 N–H and O–H groups in total. The van der Waals surface area contributed by atoms with E-state index in [0.717, 1.165) is 12.1 Å². The molecule has 0 heterocycles. The second-order valence-electron chi connectivity index (χ2n) is 4.75. The van der Waals surface area contributed by atoms with Gasteiger partial charge in [0.25, 0.3) is 0 Å². The Morgan fingerprint density at radius 3 is 2.60 bits per heavy atom. The Bertz CT molecular complexity index is 329. The lowest BCUT2D eigenvalue weighted by Crippen LogP contribution is -2.38. The van der Waals surface area contributed by atoms with Crippen LogP contribution in [0.5, 0.6) is 5.75 Å². The van der Waals surface area contributed by atoms with Gasteiger partial charge in [-0.25, -0.2) is 0 Å². The van der Waals surface area contributed by atoms with Crippen LogP contribution in [0.1, 0.15) is 38.2 Å². The van der Waals surface area contributed by atoms with Crippen LogP contribution in [0.25, 0.3) is 0 Å². The van der Waals surface area contributed by atoms with Gasteiger partial charge in [0.2, 0.25) is 0 Å². The minimum absolute atomic E-state index is 0.280. The van der Waals surface area contributed by atoms with Gasteiger partial charge in [0.1, 0.15) is 5.75 Å². The van der Waals surface area contributed by atoms with Crippen LogP contribution in [0.4, 0.5) is 0 Å². The van der Waals surface area contributed by atoms with Gasteiger partial charge in [0.15, 0.2) is 0 Å². The maximum atomic E-state index is 9.63. The number of benzene rings is 1. The lowest BCUT2D eigenvalue weighted by atomic mass is 10.0. The third kappa shape index (κ3) is 2.51. The van der Waals surface area contributed by atoms with Crippen molar-refractivity contribution in [3.63, 3.8) is 0 Å². The zero-order valence-corrected chi connectivity index (χ0v) is 9.29. The fraction of sp³-hybridized carbons (Fsp3) is 0.538. The molecule has 0 spiro atoms. The molecule has 1 fully saturated rings. The zero-order chi connectivity index (χ0) is 10.7. The van der Waals surface area contributed by atoms with Gasteiger partial charge in [-0.1, -0.05) is 31.0 Å². The predicted octanol–water partition coefficient (Wildman–Crippen LogP) is 2.81. The van der Waals surface area contributed by atoms with Crippen molar-refractivity contribution in [3.8, 4) is 5.75 Å². The quantitative estimate of drug-likeness (QED) is 0.795. The number of hydrogen-bond donors (Lipinski definition) is 2. The lowest BCUT2D eigenvalue weighted by molar-refractivity contribution is 0.358. The number of rotatable bonds is 3. The summed E-state index contributed by atoms with van der Waals surface area (Å²) in [5.74, 6) is 0.395.